The van der Waals surface area contributed by atoms with Gasteiger partial charge in [0.15, 0.2) is 11.4 Å². The van der Waals surface area contributed by atoms with Gasteiger partial charge in [0.25, 0.3) is 5.22 Å². The molecule has 3 nitrogen and oxygen atoms in total. The van der Waals surface area contributed by atoms with Crippen molar-refractivity contribution < 1.29 is 9.21 Å². The molecule has 5 heteroatoms. The zero-order valence-electron chi connectivity index (χ0n) is 10.4. The fourth-order valence-electron chi connectivity index (χ4n) is 1.76. The van der Waals surface area contributed by atoms with Crippen molar-refractivity contribution in [2.75, 3.05) is 5.75 Å². The smallest absolute Gasteiger partial charge is 0.257 e. The second-order valence-corrected chi connectivity index (χ2v) is 6.34. The van der Waals surface area contributed by atoms with Crippen molar-refractivity contribution in [1.82, 2.24) is 4.98 Å². The van der Waals surface area contributed by atoms with Gasteiger partial charge in [0.1, 0.15) is 5.52 Å². The van der Waals surface area contributed by atoms with E-state index in [2.05, 4.69) is 27.6 Å². The third-order valence-electron chi connectivity index (χ3n) is 2.77. The molecule has 0 amide bonds. The van der Waals surface area contributed by atoms with Crippen molar-refractivity contribution in [1.29, 1.82) is 0 Å². The fraction of sp³-hybridized carbons (Fsp3) is 0.0667. The molecule has 0 bridgehead atoms. The lowest BCUT2D eigenvalue weighted by Crippen LogP contribution is -2.02. The minimum Gasteiger partial charge on any atom is -0.431 e. The average Bonchev–Trinajstić information content (AvgIpc) is 2.88. The van der Waals surface area contributed by atoms with Crippen molar-refractivity contribution in [3.8, 4) is 0 Å². The molecule has 0 saturated heterocycles. The zero-order chi connectivity index (χ0) is 13.9. The molecule has 0 aliphatic rings. The number of aromatic nitrogens is 1. The molecule has 0 radical (unpaired) electrons. The highest BCUT2D eigenvalue weighted by atomic mass is 127. The van der Waals surface area contributed by atoms with Gasteiger partial charge in [0.05, 0.1) is 5.75 Å². The third-order valence-corrected chi connectivity index (χ3v) is 4.31. The number of ketones is 1. The zero-order valence-corrected chi connectivity index (χ0v) is 13.3. The summed E-state index contributed by atoms with van der Waals surface area (Å²) >= 11 is 3.54. The number of nitrogens with zero attached hydrogens (tertiary/aromatic N) is 1. The lowest BCUT2D eigenvalue weighted by molar-refractivity contribution is 0.102. The number of Topliss-reactive ketones (excluding diaryl/α,β-unsaturated/α-hetero) is 1. The number of hydrogen-bond donors (Lipinski definition) is 0. The van der Waals surface area contributed by atoms with E-state index in [1.165, 1.54) is 11.8 Å². The van der Waals surface area contributed by atoms with Crippen molar-refractivity contribution in [3.63, 3.8) is 0 Å². The Bertz CT molecular complexity index is 719. The van der Waals surface area contributed by atoms with Gasteiger partial charge in [0.2, 0.25) is 0 Å². The molecule has 0 atom stereocenters. The molecule has 20 heavy (non-hydrogen) atoms. The largest absolute Gasteiger partial charge is 0.431 e. The minimum absolute atomic E-state index is 0.0775. The summed E-state index contributed by atoms with van der Waals surface area (Å²) in [5.74, 6) is 0.404. The summed E-state index contributed by atoms with van der Waals surface area (Å²) in [4.78, 5) is 16.4. The number of para-hydroxylation sites is 2. The molecule has 100 valence electrons. The van der Waals surface area contributed by atoms with Gasteiger partial charge in [-0.3, -0.25) is 4.79 Å². The number of oxazole rings is 1. The van der Waals surface area contributed by atoms with Crippen LogP contribution in [0, 0.1) is 3.57 Å². The quantitative estimate of drug-likeness (QED) is 0.373. The second kappa shape index (κ2) is 5.97. The molecule has 0 fully saturated rings. The predicted molar refractivity (Wildman–Crippen MR) is 88.2 cm³/mol. The highest BCUT2D eigenvalue weighted by molar-refractivity contribution is 14.1. The SMILES string of the molecule is O=C(CSc1nc2ccccc2o1)c1ccc(I)cc1. The van der Waals surface area contributed by atoms with Gasteiger partial charge in [-0.05, 0) is 46.9 Å². The first-order valence-corrected chi connectivity index (χ1v) is 8.06. The number of thioether (sulfide) groups is 1. The van der Waals surface area contributed by atoms with E-state index in [1.807, 2.05) is 48.5 Å². The highest BCUT2D eigenvalue weighted by Crippen LogP contribution is 2.23. The molecule has 0 aliphatic carbocycles. The number of carbonyl (C=O) groups excluding carboxylic acids is 1. The fourth-order valence-corrected chi connectivity index (χ4v) is 2.85. The van der Waals surface area contributed by atoms with E-state index in [0.717, 1.165) is 14.7 Å². The first-order valence-electron chi connectivity index (χ1n) is 5.99. The summed E-state index contributed by atoms with van der Waals surface area (Å²) < 4.78 is 6.69. The number of halogens is 1. The Hall–Kier alpha value is -1.34. The maximum Gasteiger partial charge on any atom is 0.257 e. The first-order chi connectivity index (χ1) is 9.72. The van der Waals surface area contributed by atoms with E-state index in [-0.39, 0.29) is 5.78 Å². The maximum atomic E-state index is 12.1. The van der Waals surface area contributed by atoms with Crippen LogP contribution in [0.4, 0.5) is 0 Å². The molecule has 0 aliphatic heterocycles. The van der Waals surface area contributed by atoms with E-state index in [0.29, 0.717) is 16.5 Å². The summed E-state index contributed by atoms with van der Waals surface area (Å²) in [5.41, 5.74) is 2.28. The van der Waals surface area contributed by atoms with E-state index in [1.54, 1.807) is 0 Å². The minimum atomic E-state index is 0.0775. The van der Waals surface area contributed by atoms with Crippen LogP contribution in [0.15, 0.2) is 58.2 Å². The van der Waals surface area contributed by atoms with Crippen LogP contribution in [-0.2, 0) is 0 Å². The van der Waals surface area contributed by atoms with Crippen molar-refractivity contribution in [3.05, 3.63) is 57.7 Å². The normalized spacial score (nSPS) is 10.8. The van der Waals surface area contributed by atoms with Gasteiger partial charge in [-0.25, -0.2) is 4.98 Å². The Morgan fingerprint density at radius 2 is 1.90 bits per heavy atom. The van der Waals surface area contributed by atoms with Crippen LogP contribution >= 0.6 is 34.4 Å². The predicted octanol–water partition coefficient (Wildman–Crippen LogP) is 4.41. The van der Waals surface area contributed by atoms with Gasteiger partial charge in [0, 0.05) is 9.13 Å². The second-order valence-electron chi connectivity index (χ2n) is 4.17. The molecule has 3 aromatic rings. The summed E-state index contributed by atoms with van der Waals surface area (Å²) in [6, 6.07) is 15.1. The topological polar surface area (TPSA) is 43.1 Å². The van der Waals surface area contributed by atoms with Crippen molar-refractivity contribution >= 4 is 51.2 Å². The van der Waals surface area contributed by atoms with E-state index in [4.69, 9.17) is 4.42 Å². The Morgan fingerprint density at radius 1 is 1.15 bits per heavy atom. The highest BCUT2D eigenvalue weighted by Gasteiger charge is 2.10. The van der Waals surface area contributed by atoms with Crippen LogP contribution in [0.3, 0.4) is 0 Å². The van der Waals surface area contributed by atoms with Crippen molar-refractivity contribution in [2.24, 2.45) is 0 Å². The Balaban J connectivity index is 1.69. The third kappa shape index (κ3) is 3.04. The molecule has 0 saturated carbocycles. The van der Waals surface area contributed by atoms with Gasteiger partial charge in [-0.2, -0.15) is 0 Å². The molecule has 3 rings (SSSR count). The maximum absolute atomic E-state index is 12.1. The van der Waals surface area contributed by atoms with E-state index >= 15 is 0 Å². The summed E-state index contributed by atoms with van der Waals surface area (Å²) in [6.45, 7) is 0. The molecular formula is C15H10INO2S. The van der Waals surface area contributed by atoms with Crippen LogP contribution in [0.1, 0.15) is 10.4 Å². The molecular weight excluding hydrogens is 385 g/mol. The lowest BCUT2D eigenvalue weighted by Gasteiger charge is -1.99. The number of hydrogen-bond acceptors (Lipinski definition) is 4. The Kier molecular flexibility index (Phi) is 4.07. The molecule has 0 N–H and O–H groups in total. The van der Waals surface area contributed by atoms with Gasteiger partial charge >= 0.3 is 0 Å². The average molecular weight is 395 g/mol. The van der Waals surface area contributed by atoms with Gasteiger partial charge < -0.3 is 4.42 Å². The number of fused-ring (bicyclic) bond motifs is 1. The van der Waals surface area contributed by atoms with E-state index in [9.17, 15) is 4.79 Å². The Labute approximate surface area is 133 Å². The molecule has 0 spiro atoms. The van der Waals surface area contributed by atoms with Crippen LogP contribution in [0.2, 0.25) is 0 Å². The van der Waals surface area contributed by atoms with Crippen LogP contribution in [0.5, 0.6) is 0 Å². The van der Waals surface area contributed by atoms with Crippen molar-refractivity contribution in [2.45, 2.75) is 5.22 Å². The van der Waals surface area contributed by atoms with Gasteiger partial charge in [-0.15, -0.1) is 0 Å². The van der Waals surface area contributed by atoms with Crippen LogP contribution in [0.25, 0.3) is 11.1 Å². The number of carbonyl (C=O) groups is 1. The number of benzene rings is 2. The number of rotatable bonds is 4. The van der Waals surface area contributed by atoms with E-state index < -0.39 is 0 Å². The standard InChI is InChI=1S/C15H10INO2S/c16-11-7-5-10(6-8-11)13(18)9-20-15-17-12-3-1-2-4-14(12)19-15/h1-8H,9H2. The summed E-state index contributed by atoms with van der Waals surface area (Å²) in [7, 11) is 0. The first kappa shape index (κ1) is 13.6. The summed E-state index contributed by atoms with van der Waals surface area (Å²) in [6.07, 6.45) is 0. The van der Waals surface area contributed by atoms with Crippen LogP contribution in [-0.4, -0.2) is 16.5 Å². The molecule has 0 unspecified atom stereocenters. The lowest BCUT2D eigenvalue weighted by atomic mass is 10.2. The van der Waals surface area contributed by atoms with Gasteiger partial charge in [-0.1, -0.05) is 36.0 Å². The molecule has 2 aromatic carbocycles. The monoisotopic (exact) mass is 395 g/mol. The van der Waals surface area contributed by atoms with Crippen LogP contribution < -0.4 is 0 Å². The summed E-state index contributed by atoms with van der Waals surface area (Å²) in [5, 5.41) is 0.532. The molecule has 1 heterocycles. The molecule has 1 aromatic heterocycles. The Morgan fingerprint density at radius 3 is 2.65 bits per heavy atom.